The number of halogens is 1. The Morgan fingerprint density at radius 2 is 1.53 bits per heavy atom. The number of hydrogen-bond donors (Lipinski definition) is 0. The first-order valence-corrected chi connectivity index (χ1v) is 14.2. The van der Waals surface area contributed by atoms with E-state index in [0.717, 1.165) is 32.5 Å². The zero-order valence-corrected chi connectivity index (χ0v) is 24.5. The molecule has 0 saturated carbocycles. The Labute approximate surface area is 239 Å². The second-order valence-corrected chi connectivity index (χ2v) is 11.2. The van der Waals surface area contributed by atoms with Gasteiger partial charge in [-0.25, -0.2) is 0 Å². The van der Waals surface area contributed by atoms with Crippen LogP contribution in [0.1, 0.15) is 25.3 Å². The minimum atomic E-state index is 0. The average Bonchev–Trinajstić information content (AvgIpc) is 3.23. The second-order valence-electron chi connectivity index (χ2n) is 10.0. The zero-order valence-electron chi connectivity index (χ0n) is 22.9. The van der Waals surface area contributed by atoms with Crippen LogP contribution in [-0.4, -0.2) is 56.0 Å². The smallest absolute Gasteiger partial charge is 0.114 e. The minimum absolute atomic E-state index is 0. The number of fused-ring (bicyclic) bond motifs is 2. The molecule has 0 radical (unpaired) electrons. The molecule has 0 aromatic heterocycles. The summed E-state index contributed by atoms with van der Waals surface area (Å²) in [6.45, 7) is 5.42. The molecule has 38 heavy (non-hydrogen) atoms. The van der Waals surface area contributed by atoms with Crippen LogP contribution in [0.5, 0.6) is 0 Å². The third-order valence-electron chi connectivity index (χ3n) is 7.03. The van der Waals surface area contributed by atoms with Crippen molar-refractivity contribution in [1.82, 2.24) is 9.80 Å². The number of para-hydroxylation sites is 3. The molecule has 0 aliphatic carbocycles. The number of likely N-dealkylation sites (N-methyl/N-ethyl adjacent to an activating group) is 1. The lowest BCUT2D eigenvalue weighted by Gasteiger charge is -2.40. The summed E-state index contributed by atoms with van der Waals surface area (Å²) < 4.78 is 0. The van der Waals surface area contributed by atoms with Crippen LogP contribution in [0, 0.1) is 0 Å². The number of hydrogen-bond acceptors (Lipinski definition) is 5. The van der Waals surface area contributed by atoms with E-state index in [4.69, 9.17) is 0 Å². The fourth-order valence-corrected chi connectivity index (χ4v) is 6.46. The highest BCUT2D eigenvalue weighted by Gasteiger charge is 2.30. The number of allylic oxidation sites excluding steroid dienone is 2. The molecule has 2 heterocycles. The van der Waals surface area contributed by atoms with Crippen molar-refractivity contribution in [1.29, 1.82) is 0 Å². The van der Waals surface area contributed by atoms with Gasteiger partial charge in [0.05, 0.1) is 16.7 Å². The van der Waals surface area contributed by atoms with Gasteiger partial charge in [0.1, 0.15) is 5.82 Å². The normalized spacial score (nSPS) is 17.2. The molecule has 1 atom stereocenters. The maximum atomic E-state index is 2.58. The maximum absolute atomic E-state index is 2.58. The van der Waals surface area contributed by atoms with Gasteiger partial charge < -0.3 is 14.7 Å². The van der Waals surface area contributed by atoms with Gasteiger partial charge in [0.15, 0.2) is 0 Å². The molecular weight excluding hydrogens is 508 g/mol. The minimum Gasteiger partial charge on any atom is -0.358 e. The van der Waals surface area contributed by atoms with Gasteiger partial charge in [-0.3, -0.25) is 4.90 Å². The molecule has 0 N–H and O–H groups in total. The van der Waals surface area contributed by atoms with Gasteiger partial charge in [-0.05, 0) is 81.5 Å². The van der Waals surface area contributed by atoms with E-state index in [1.165, 1.54) is 38.9 Å². The van der Waals surface area contributed by atoms with Crippen molar-refractivity contribution in [2.75, 3.05) is 50.6 Å². The molecule has 2 aliphatic heterocycles. The van der Waals surface area contributed by atoms with E-state index in [9.17, 15) is 0 Å². The number of rotatable bonds is 9. The van der Waals surface area contributed by atoms with E-state index < -0.39 is 0 Å². The van der Waals surface area contributed by atoms with Crippen molar-refractivity contribution in [3.05, 3.63) is 102 Å². The Kier molecular flexibility index (Phi) is 9.48. The van der Waals surface area contributed by atoms with Crippen molar-refractivity contribution in [3.63, 3.8) is 0 Å². The Hall–Kier alpha value is -2.86. The van der Waals surface area contributed by atoms with Crippen LogP contribution in [0.3, 0.4) is 0 Å². The molecular formula is C32H39ClN4S. The number of benzene rings is 3. The summed E-state index contributed by atoms with van der Waals surface area (Å²) in [5.41, 5.74) is 6.33. The predicted molar refractivity (Wildman–Crippen MR) is 168 cm³/mol. The Balaban J connectivity index is 0.00000336. The van der Waals surface area contributed by atoms with Crippen molar-refractivity contribution in [3.8, 4) is 0 Å². The summed E-state index contributed by atoms with van der Waals surface area (Å²) >= 11 is 1.93. The standard InChI is InChI=1S/C32H38N4S.ClH/c1-5-20-35(22-13-21-33(2)3)31-23-25(24-32-34(4)29-18-11-12-19-30(29)37-32)27-16-9-10-17-28(27)36(31)26-14-7-6-8-15-26;/h6-12,14-19,23-24,32H,5,13,20-22H2,1-4H3;1H. The number of nitrogens with zero attached hydrogens (tertiary/aromatic N) is 4. The third-order valence-corrected chi connectivity index (χ3v) is 8.32. The lowest BCUT2D eigenvalue weighted by atomic mass is 9.97. The van der Waals surface area contributed by atoms with E-state index in [2.05, 4.69) is 139 Å². The lowest BCUT2D eigenvalue weighted by Crippen LogP contribution is -2.37. The van der Waals surface area contributed by atoms with E-state index in [-0.39, 0.29) is 17.8 Å². The number of thioether (sulfide) groups is 1. The fraction of sp³-hybridized carbons (Fsp3) is 0.312. The average molecular weight is 547 g/mol. The van der Waals surface area contributed by atoms with Crippen molar-refractivity contribution >= 4 is 46.8 Å². The van der Waals surface area contributed by atoms with E-state index in [1.54, 1.807) is 0 Å². The summed E-state index contributed by atoms with van der Waals surface area (Å²) in [4.78, 5) is 11.1. The van der Waals surface area contributed by atoms with Crippen LogP contribution < -0.4 is 9.80 Å². The molecule has 5 rings (SSSR count). The Bertz CT molecular complexity index is 1270. The molecule has 4 nitrogen and oxygen atoms in total. The van der Waals surface area contributed by atoms with Gasteiger partial charge in [-0.15, -0.1) is 12.4 Å². The predicted octanol–water partition coefficient (Wildman–Crippen LogP) is 7.72. The molecule has 0 saturated heterocycles. The highest BCUT2D eigenvalue weighted by molar-refractivity contribution is 8.00. The van der Waals surface area contributed by atoms with Crippen LogP contribution in [-0.2, 0) is 0 Å². The molecule has 0 bridgehead atoms. The monoisotopic (exact) mass is 546 g/mol. The summed E-state index contributed by atoms with van der Waals surface area (Å²) in [7, 11) is 6.52. The molecule has 0 fully saturated rings. The lowest BCUT2D eigenvalue weighted by molar-refractivity contribution is 0.304. The Morgan fingerprint density at radius 1 is 0.842 bits per heavy atom. The first-order chi connectivity index (χ1) is 18.1. The quantitative estimate of drug-likeness (QED) is 0.271. The van der Waals surface area contributed by atoms with Crippen molar-refractivity contribution < 1.29 is 0 Å². The highest BCUT2D eigenvalue weighted by atomic mass is 35.5. The molecule has 3 aromatic rings. The SMILES string of the molecule is CCCN(CCCN(C)C)C1=CC(=CC2Sc3ccccc3N2C)c2ccccc2N1c1ccccc1.Cl. The molecule has 0 spiro atoms. The largest absolute Gasteiger partial charge is 0.358 e. The highest BCUT2D eigenvalue weighted by Crippen LogP contribution is 2.46. The van der Waals surface area contributed by atoms with Gasteiger partial charge in [-0.1, -0.05) is 67.2 Å². The third kappa shape index (κ3) is 5.90. The van der Waals surface area contributed by atoms with Gasteiger partial charge in [0.25, 0.3) is 0 Å². The zero-order chi connectivity index (χ0) is 25.8. The van der Waals surface area contributed by atoms with Crippen LogP contribution in [0.2, 0.25) is 0 Å². The molecule has 3 aromatic carbocycles. The van der Waals surface area contributed by atoms with Crippen LogP contribution in [0.15, 0.2) is 102 Å². The molecule has 0 amide bonds. The van der Waals surface area contributed by atoms with Crippen LogP contribution in [0.4, 0.5) is 17.1 Å². The summed E-state index contributed by atoms with van der Waals surface area (Å²) in [6.07, 6.45) is 7.12. The van der Waals surface area contributed by atoms with Crippen molar-refractivity contribution in [2.24, 2.45) is 0 Å². The summed E-state index contributed by atoms with van der Waals surface area (Å²) in [6, 6.07) is 28.4. The molecule has 2 aliphatic rings. The van der Waals surface area contributed by atoms with Gasteiger partial charge >= 0.3 is 0 Å². The molecule has 1 unspecified atom stereocenters. The van der Waals surface area contributed by atoms with Crippen molar-refractivity contribution in [2.45, 2.75) is 30.0 Å². The first-order valence-electron chi connectivity index (χ1n) is 13.3. The van der Waals surface area contributed by atoms with E-state index in [0.29, 0.717) is 0 Å². The van der Waals surface area contributed by atoms with Gasteiger partial charge in [-0.2, -0.15) is 0 Å². The van der Waals surface area contributed by atoms with E-state index >= 15 is 0 Å². The first kappa shape index (κ1) is 28.2. The number of anilines is 3. The van der Waals surface area contributed by atoms with Crippen LogP contribution in [0.25, 0.3) is 5.57 Å². The summed E-state index contributed by atoms with van der Waals surface area (Å²) in [5, 5.41) is 0.259. The van der Waals surface area contributed by atoms with Gasteiger partial charge in [0.2, 0.25) is 0 Å². The maximum Gasteiger partial charge on any atom is 0.114 e. The second kappa shape index (κ2) is 12.8. The van der Waals surface area contributed by atoms with Crippen LogP contribution >= 0.6 is 24.2 Å². The molecule has 200 valence electrons. The fourth-order valence-electron chi connectivity index (χ4n) is 5.22. The van der Waals surface area contributed by atoms with E-state index in [1.807, 2.05) is 11.8 Å². The van der Waals surface area contributed by atoms with Gasteiger partial charge in [0, 0.05) is 36.3 Å². The summed E-state index contributed by atoms with van der Waals surface area (Å²) in [5.74, 6) is 1.26. The topological polar surface area (TPSA) is 13.0 Å². The molecule has 6 heteroatoms. The Morgan fingerprint density at radius 3 is 2.24 bits per heavy atom.